The first-order valence-electron chi connectivity index (χ1n) is 6.38. The number of aldehydes is 1. The maximum atomic E-state index is 12.0. The molecule has 2 rings (SSSR count). The highest BCUT2D eigenvalue weighted by Crippen LogP contribution is 2.18. The molecule has 20 heavy (non-hydrogen) atoms. The second-order valence-corrected chi connectivity index (χ2v) is 5.65. The molecule has 1 aromatic heterocycles. The molecule has 0 bridgehead atoms. The van der Waals surface area contributed by atoms with E-state index in [0.717, 1.165) is 17.5 Å². The van der Waals surface area contributed by atoms with Gasteiger partial charge in [0.1, 0.15) is 12.3 Å². The number of carbonyl (C=O) groups excluding carboxylic acids is 2. The molecule has 0 saturated heterocycles. The van der Waals surface area contributed by atoms with E-state index in [0.29, 0.717) is 18.7 Å². The number of fused-ring (bicyclic) bond motifs is 1. The molecule has 0 radical (unpaired) electrons. The van der Waals surface area contributed by atoms with Gasteiger partial charge in [-0.15, -0.1) is 0 Å². The fourth-order valence-electron chi connectivity index (χ4n) is 1.82. The van der Waals surface area contributed by atoms with Gasteiger partial charge in [-0.25, -0.2) is 4.79 Å². The normalized spacial score (nSPS) is 15.2. The minimum absolute atomic E-state index is 0.141. The van der Waals surface area contributed by atoms with Crippen LogP contribution in [0, 0.1) is 0 Å². The zero-order valence-electron chi connectivity index (χ0n) is 11.9. The SMILES string of the molecule is CC(C)(C)OC(=O)N1COCc2cc(C=O)cnc2C1. The number of aromatic nitrogens is 1. The van der Waals surface area contributed by atoms with Crippen LogP contribution in [0.15, 0.2) is 12.3 Å². The van der Waals surface area contributed by atoms with Gasteiger partial charge in [0.25, 0.3) is 0 Å². The minimum Gasteiger partial charge on any atom is -0.444 e. The molecule has 0 aliphatic carbocycles. The fourth-order valence-corrected chi connectivity index (χ4v) is 1.82. The van der Waals surface area contributed by atoms with Crippen molar-refractivity contribution in [3.8, 4) is 0 Å². The second kappa shape index (κ2) is 5.58. The number of rotatable bonds is 1. The molecular formula is C14H18N2O4. The topological polar surface area (TPSA) is 68.7 Å². The highest BCUT2D eigenvalue weighted by atomic mass is 16.6. The highest BCUT2D eigenvalue weighted by Gasteiger charge is 2.25. The largest absolute Gasteiger partial charge is 0.444 e. The van der Waals surface area contributed by atoms with E-state index in [9.17, 15) is 9.59 Å². The van der Waals surface area contributed by atoms with Crippen LogP contribution in [0.5, 0.6) is 0 Å². The Labute approximate surface area is 117 Å². The monoisotopic (exact) mass is 278 g/mol. The van der Waals surface area contributed by atoms with Gasteiger partial charge < -0.3 is 9.47 Å². The van der Waals surface area contributed by atoms with Crippen LogP contribution in [-0.2, 0) is 22.6 Å². The molecule has 0 saturated carbocycles. The van der Waals surface area contributed by atoms with Gasteiger partial charge >= 0.3 is 6.09 Å². The van der Waals surface area contributed by atoms with Crippen molar-refractivity contribution < 1.29 is 19.1 Å². The molecule has 6 heteroatoms. The van der Waals surface area contributed by atoms with Gasteiger partial charge in [0.05, 0.1) is 18.8 Å². The lowest BCUT2D eigenvalue weighted by Gasteiger charge is -2.25. The molecule has 0 N–H and O–H groups in total. The summed E-state index contributed by atoms with van der Waals surface area (Å²) in [6, 6.07) is 1.73. The summed E-state index contributed by atoms with van der Waals surface area (Å²) in [5, 5.41) is 0. The molecule has 0 atom stereocenters. The summed E-state index contributed by atoms with van der Waals surface area (Å²) in [4.78, 5) is 28.4. The van der Waals surface area contributed by atoms with Crippen molar-refractivity contribution in [1.29, 1.82) is 0 Å². The molecule has 0 spiro atoms. The summed E-state index contributed by atoms with van der Waals surface area (Å²) in [5.74, 6) is 0. The van der Waals surface area contributed by atoms with Crippen molar-refractivity contribution in [1.82, 2.24) is 9.88 Å². The van der Waals surface area contributed by atoms with Crippen molar-refractivity contribution in [3.05, 3.63) is 29.1 Å². The van der Waals surface area contributed by atoms with Crippen molar-refractivity contribution >= 4 is 12.4 Å². The Hall–Kier alpha value is -1.95. The van der Waals surface area contributed by atoms with E-state index in [1.807, 2.05) is 20.8 Å². The van der Waals surface area contributed by atoms with Crippen molar-refractivity contribution in [3.63, 3.8) is 0 Å². The van der Waals surface area contributed by atoms with E-state index in [2.05, 4.69) is 4.98 Å². The maximum Gasteiger partial charge on any atom is 0.412 e. The molecule has 0 unspecified atom stereocenters. The van der Waals surface area contributed by atoms with Crippen LogP contribution in [0.4, 0.5) is 4.79 Å². The molecule has 1 aliphatic rings. The van der Waals surface area contributed by atoms with Crippen molar-refractivity contribution in [2.75, 3.05) is 6.73 Å². The number of hydrogen-bond acceptors (Lipinski definition) is 5. The number of nitrogens with zero attached hydrogens (tertiary/aromatic N) is 2. The predicted octanol–water partition coefficient (Wildman–Crippen LogP) is 2.12. The van der Waals surface area contributed by atoms with Crippen LogP contribution < -0.4 is 0 Å². The number of ether oxygens (including phenoxy) is 2. The number of hydrogen-bond donors (Lipinski definition) is 0. The number of carbonyl (C=O) groups is 2. The summed E-state index contributed by atoms with van der Waals surface area (Å²) in [5.41, 5.74) is 1.48. The van der Waals surface area contributed by atoms with E-state index in [1.54, 1.807) is 6.07 Å². The van der Waals surface area contributed by atoms with Gasteiger partial charge in [0.2, 0.25) is 0 Å². The van der Waals surface area contributed by atoms with Crippen LogP contribution in [0.1, 0.15) is 42.4 Å². The van der Waals surface area contributed by atoms with Gasteiger partial charge in [0.15, 0.2) is 6.29 Å². The number of amides is 1. The summed E-state index contributed by atoms with van der Waals surface area (Å²) in [7, 11) is 0. The highest BCUT2D eigenvalue weighted by molar-refractivity contribution is 5.74. The second-order valence-electron chi connectivity index (χ2n) is 5.65. The van der Waals surface area contributed by atoms with Gasteiger partial charge in [-0.2, -0.15) is 0 Å². The molecular weight excluding hydrogens is 260 g/mol. The Kier molecular flexibility index (Phi) is 4.04. The molecule has 0 aromatic carbocycles. The Morgan fingerprint density at radius 3 is 2.90 bits per heavy atom. The first kappa shape index (κ1) is 14.5. The summed E-state index contributed by atoms with van der Waals surface area (Å²) in [6.07, 6.45) is 1.79. The Bertz CT molecular complexity index is 522. The molecule has 2 heterocycles. The number of pyridine rings is 1. The van der Waals surface area contributed by atoms with E-state index >= 15 is 0 Å². The lowest BCUT2D eigenvalue weighted by molar-refractivity contribution is -0.0157. The van der Waals surface area contributed by atoms with E-state index in [4.69, 9.17) is 9.47 Å². The first-order chi connectivity index (χ1) is 9.39. The smallest absolute Gasteiger partial charge is 0.412 e. The van der Waals surface area contributed by atoms with E-state index in [1.165, 1.54) is 11.1 Å². The Morgan fingerprint density at radius 1 is 1.50 bits per heavy atom. The Balaban J connectivity index is 2.16. The van der Waals surface area contributed by atoms with Crippen LogP contribution in [0.2, 0.25) is 0 Å². The van der Waals surface area contributed by atoms with Crippen LogP contribution in [0.25, 0.3) is 0 Å². The fraction of sp³-hybridized carbons (Fsp3) is 0.500. The van der Waals surface area contributed by atoms with Crippen LogP contribution >= 0.6 is 0 Å². The van der Waals surface area contributed by atoms with E-state index in [-0.39, 0.29) is 6.73 Å². The minimum atomic E-state index is -0.555. The van der Waals surface area contributed by atoms with Crippen molar-refractivity contribution in [2.45, 2.75) is 39.5 Å². The van der Waals surface area contributed by atoms with Gasteiger partial charge in [-0.05, 0) is 26.8 Å². The van der Waals surface area contributed by atoms with Crippen LogP contribution in [0.3, 0.4) is 0 Å². The lowest BCUT2D eigenvalue weighted by atomic mass is 10.1. The third kappa shape index (κ3) is 3.54. The average Bonchev–Trinajstić information content (AvgIpc) is 2.57. The summed E-state index contributed by atoms with van der Waals surface area (Å²) >= 11 is 0. The predicted molar refractivity (Wildman–Crippen MR) is 71.1 cm³/mol. The molecule has 1 aromatic rings. The summed E-state index contributed by atoms with van der Waals surface area (Å²) in [6.45, 7) is 6.21. The average molecular weight is 278 g/mol. The molecule has 0 fully saturated rings. The third-order valence-electron chi connectivity index (χ3n) is 2.71. The standard InChI is InChI=1S/C14H18N2O4/c1-14(2,3)20-13(18)16-6-12-11(8-19-9-16)4-10(7-17)5-15-12/h4-5,7H,6,8-9H2,1-3H3. The molecule has 108 valence electrons. The van der Waals surface area contributed by atoms with Gasteiger partial charge in [-0.1, -0.05) is 0 Å². The first-order valence-corrected chi connectivity index (χ1v) is 6.38. The maximum absolute atomic E-state index is 12.0. The van der Waals surface area contributed by atoms with E-state index < -0.39 is 11.7 Å². The van der Waals surface area contributed by atoms with Gasteiger partial charge in [0, 0.05) is 17.3 Å². The van der Waals surface area contributed by atoms with Crippen LogP contribution in [-0.4, -0.2) is 34.6 Å². The van der Waals surface area contributed by atoms with Gasteiger partial charge in [-0.3, -0.25) is 14.7 Å². The van der Waals surface area contributed by atoms with Crippen molar-refractivity contribution in [2.24, 2.45) is 0 Å². The molecule has 6 nitrogen and oxygen atoms in total. The summed E-state index contributed by atoms with van der Waals surface area (Å²) < 4.78 is 10.8. The molecule has 1 amide bonds. The third-order valence-corrected chi connectivity index (χ3v) is 2.71. The zero-order chi connectivity index (χ0) is 14.8. The zero-order valence-corrected chi connectivity index (χ0v) is 11.9. The quantitative estimate of drug-likeness (QED) is 0.736. The Morgan fingerprint density at radius 2 is 2.25 bits per heavy atom. The molecule has 1 aliphatic heterocycles. The lowest BCUT2D eigenvalue weighted by Crippen LogP contribution is -2.37.